The summed E-state index contributed by atoms with van der Waals surface area (Å²) in [5.74, 6) is 0. The molecule has 35 heavy (non-hydrogen) atoms. The first-order chi connectivity index (χ1) is 17.1. The van der Waals surface area contributed by atoms with Crippen LogP contribution in [0.15, 0.2) is 58.3 Å². The molecule has 2 aromatic heterocycles. The zero-order chi connectivity index (χ0) is 23.5. The molecule has 0 saturated heterocycles. The van der Waals surface area contributed by atoms with Gasteiger partial charge in [-0.05, 0) is 79.6 Å². The summed E-state index contributed by atoms with van der Waals surface area (Å²) in [4.78, 5) is 14.5. The van der Waals surface area contributed by atoms with Crippen molar-refractivity contribution < 1.29 is 0 Å². The highest BCUT2D eigenvalue weighted by Crippen LogP contribution is 2.38. The van der Waals surface area contributed by atoms with E-state index in [4.69, 9.17) is 9.98 Å². The zero-order valence-electron chi connectivity index (χ0n) is 19.9. The van der Waals surface area contributed by atoms with Gasteiger partial charge in [0.2, 0.25) is 0 Å². The highest BCUT2D eigenvalue weighted by Gasteiger charge is 2.28. The zero-order valence-corrected chi connectivity index (χ0v) is 19.9. The molecular formula is C28H27N7. The van der Waals surface area contributed by atoms with Crippen LogP contribution in [0.5, 0.6) is 0 Å². The van der Waals surface area contributed by atoms with Crippen LogP contribution < -0.4 is 10.6 Å². The van der Waals surface area contributed by atoms with Gasteiger partial charge in [-0.25, -0.2) is 4.98 Å². The van der Waals surface area contributed by atoms with Crippen LogP contribution in [0.25, 0.3) is 33.1 Å². The monoisotopic (exact) mass is 461 g/mol. The second-order valence-electron chi connectivity index (χ2n) is 9.84. The number of hydrogen-bond acceptors (Lipinski definition) is 6. The van der Waals surface area contributed by atoms with Gasteiger partial charge in [0.05, 0.1) is 29.5 Å². The number of benzene rings is 2. The Balaban J connectivity index is 1.35. The standard InChI is InChI=1S/C28H27N7/c1-15-9-16(2)32-28(31-15)33-20-5-6-21-22(11-20)27(17-3-4-18-12-29-13-19(18)10-17)34-25-8-7-24-23(26(21)25)14-30-35-24/h3-4,7-10,13-14,20,28,31,33H,5-6,11-12H2,1-2H3,(H,30,35). The van der Waals surface area contributed by atoms with Crippen LogP contribution in [0.3, 0.4) is 0 Å². The van der Waals surface area contributed by atoms with E-state index in [1.165, 1.54) is 27.6 Å². The van der Waals surface area contributed by atoms with Crippen molar-refractivity contribution >= 4 is 33.7 Å². The Bertz CT molecular complexity index is 1590. The first-order valence-electron chi connectivity index (χ1n) is 12.3. The fraction of sp³-hybridized carbons (Fsp3) is 0.286. The van der Waals surface area contributed by atoms with E-state index in [2.05, 4.69) is 76.1 Å². The summed E-state index contributed by atoms with van der Waals surface area (Å²) in [6.07, 6.45) is 8.84. The maximum absolute atomic E-state index is 5.25. The lowest BCUT2D eigenvalue weighted by Crippen LogP contribution is -2.49. The number of fused-ring (bicyclic) bond motifs is 6. The molecule has 7 rings (SSSR count). The number of rotatable bonds is 3. The van der Waals surface area contributed by atoms with E-state index in [9.17, 15) is 0 Å². The third kappa shape index (κ3) is 3.46. The molecule has 0 spiro atoms. The molecule has 4 aromatic rings. The molecule has 2 aromatic carbocycles. The molecule has 2 aliphatic heterocycles. The van der Waals surface area contributed by atoms with E-state index in [-0.39, 0.29) is 6.29 Å². The molecule has 0 saturated carbocycles. The number of aliphatic imine (C=N–C) groups is 2. The van der Waals surface area contributed by atoms with E-state index >= 15 is 0 Å². The third-order valence-electron chi connectivity index (χ3n) is 7.41. The van der Waals surface area contributed by atoms with Gasteiger partial charge in [-0.15, -0.1) is 0 Å². The van der Waals surface area contributed by atoms with Crippen LogP contribution in [0.1, 0.15) is 42.5 Å². The van der Waals surface area contributed by atoms with Crippen molar-refractivity contribution in [3.8, 4) is 11.3 Å². The van der Waals surface area contributed by atoms with Crippen molar-refractivity contribution in [2.45, 2.75) is 52.0 Å². The lowest BCUT2D eigenvalue weighted by molar-refractivity contribution is 0.371. The van der Waals surface area contributed by atoms with Gasteiger partial charge < -0.3 is 5.32 Å². The second kappa shape index (κ2) is 7.85. The summed E-state index contributed by atoms with van der Waals surface area (Å²) in [6.45, 7) is 4.91. The molecule has 2 unspecified atom stereocenters. The first kappa shape index (κ1) is 20.5. The summed E-state index contributed by atoms with van der Waals surface area (Å²) in [5, 5.41) is 17.1. The molecule has 0 amide bonds. The van der Waals surface area contributed by atoms with Gasteiger partial charge in [0.1, 0.15) is 0 Å². The van der Waals surface area contributed by atoms with Gasteiger partial charge >= 0.3 is 0 Å². The summed E-state index contributed by atoms with van der Waals surface area (Å²) in [5.41, 5.74) is 11.7. The number of aromatic nitrogens is 3. The second-order valence-corrected chi connectivity index (χ2v) is 9.84. The molecule has 174 valence electrons. The summed E-state index contributed by atoms with van der Waals surface area (Å²) >= 11 is 0. The van der Waals surface area contributed by atoms with E-state index in [0.29, 0.717) is 6.04 Å². The summed E-state index contributed by atoms with van der Waals surface area (Å²) < 4.78 is 0. The van der Waals surface area contributed by atoms with Crippen LogP contribution in [-0.2, 0) is 19.4 Å². The van der Waals surface area contributed by atoms with Crippen LogP contribution in [0.2, 0.25) is 0 Å². The highest BCUT2D eigenvalue weighted by molar-refractivity contribution is 6.07. The fourth-order valence-electron chi connectivity index (χ4n) is 5.84. The minimum atomic E-state index is -0.0970. The lowest BCUT2D eigenvalue weighted by Gasteiger charge is -2.32. The quantitative estimate of drug-likeness (QED) is 0.422. The molecule has 0 radical (unpaired) electrons. The molecule has 4 heterocycles. The molecule has 1 aliphatic carbocycles. The average molecular weight is 462 g/mol. The van der Waals surface area contributed by atoms with Gasteiger partial charge in [0, 0.05) is 40.0 Å². The minimum Gasteiger partial charge on any atom is -0.355 e. The topological polar surface area (TPSA) is 90.4 Å². The van der Waals surface area contributed by atoms with Crippen LogP contribution >= 0.6 is 0 Å². The summed E-state index contributed by atoms with van der Waals surface area (Å²) in [6, 6.07) is 11.2. The fourth-order valence-corrected chi connectivity index (χ4v) is 5.84. The van der Waals surface area contributed by atoms with Crippen molar-refractivity contribution in [1.82, 2.24) is 25.8 Å². The maximum atomic E-state index is 5.25. The smallest absolute Gasteiger partial charge is 0.174 e. The molecule has 3 aliphatic rings. The molecule has 2 atom stereocenters. The van der Waals surface area contributed by atoms with Crippen molar-refractivity contribution in [1.29, 1.82) is 0 Å². The number of aromatic amines is 1. The van der Waals surface area contributed by atoms with Crippen molar-refractivity contribution in [2.75, 3.05) is 0 Å². The molecular weight excluding hydrogens is 434 g/mol. The SMILES string of the molecule is CC1=CC(C)=NC(NC2CCc3c(c(-c4ccc5c(c4)C=NC5)nc4ccc5[nH]ncc5c34)C2)N1. The van der Waals surface area contributed by atoms with Gasteiger partial charge in [0.25, 0.3) is 0 Å². The maximum Gasteiger partial charge on any atom is 0.174 e. The number of pyridine rings is 1. The van der Waals surface area contributed by atoms with E-state index in [1.807, 2.05) is 12.4 Å². The van der Waals surface area contributed by atoms with Gasteiger partial charge in [-0.2, -0.15) is 5.10 Å². The van der Waals surface area contributed by atoms with Crippen LogP contribution in [0.4, 0.5) is 0 Å². The number of aryl methyl sites for hydroxylation is 1. The minimum absolute atomic E-state index is 0.0970. The highest BCUT2D eigenvalue weighted by atomic mass is 15.3. The number of nitrogens with one attached hydrogen (secondary N) is 3. The Morgan fingerprint density at radius 1 is 1.09 bits per heavy atom. The Morgan fingerprint density at radius 2 is 2.03 bits per heavy atom. The van der Waals surface area contributed by atoms with Crippen molar-refractivity contribution in [3.63, 3.8) is 0 Å². The molecule has 3 N–H and O–H groups in total. The Labute approximate surface area is 203 Å². The predicted octanol–water partition coefficient (Wildman–Crippen LogP) is 4.41. The molecule has 0 bridgehead atoms. The van der Waals surface area contributed by atoms with E-state index in [1.54, 1.807) is 0 Å². The molecule has 7 nitrogen and oxygen atoms in total. The predicted molar refractivity (Wildman–Crippen MR) is 141 cm³/mol. The van der Waals surface area contributed by atoms with Crippen LogP contribution in [-0.4, -0.2) is 39.4 Å². The molecule has 7 heteroatoms. The van der Waals surface area contributed by atoms with Gasteiger partial charge in [-0.1, -0.05) is 12.1 Å². The third-order valence-corrected chi connectivity index (χ3v) is 7.41. The van der Waals surface area contributed by atoms with Gasteiger partial charge in [-0.3, -0.25) is 20.4 Å². The van der Waals surface area contributed by atoms with Crippen molar-refractivity contribution in [2.24, 2.45) is 9.98 Å². The summed E-state index contributed by atoms with van der Waals surface area (Å²) in [7, 11) is 0. The van der Waals surface area contributed by atoms with E-state index in [0.717, 1.165) is 64.9 Å². The van der Waals surface area contributed by atoms with Gasteiger partial charge in [0.15, 0.2) is 6.29 Å². The first-order valence-corrected chi connectivity index (χ1v) is 12.3. The number of H-pyrrole nitrogens is 1. The number of hydrogen-bond donors (Lipinski definition) is 3. The normalized spacial score (nSPS) is 21.0. The molecule has 0 fully saturated rings. The lowest BCUT2D eigenvalue weighted by atomic mass is 9.83. The Hall–Kier alpha value is -3.84. The van der Waals surface area contributed by atoms with E-state index < -0.39 is 0 Å². The van der Waals surface area contributed by atoms with Crippen LogP contribution in [0, 0.1) is 0 Å². The van der Waals surface area contributed by atoms with Crippen molar-refractivity contribution in [3.05, 3.63) is 70.6 Å². The Kier molecular flexibility index (Phi) is 4.60. The largest absolute Gasteiger partial charge is 0.355 e. The Morgan fingerprint density at radius 3 is 2.94 bits per heavy atom. The average Bonchev–Trinajstić information content (AvgIpc) is 3.51. The number of allylic oxidation sites excluding steroid dienone is 2. The number of nitrogens with zero attached hydrogens (tertiary/aromatic N) is 4.